The quantitative estimate of drug-likeness (QED) is 0.306. The van der Waals surface area contributed by atoms with Crippen LogP contribution in [0.25, 0.3) is 22.1 Å². The topological polar surface area (TPSA) is 119 Å². The Labute approximate surface area is 231 Å². The summed E-state index contributed by atoms with van der Waals surface area (Å²) in [5, 5.41) is 11.9. The van der Waals surface area contributed by atoms with Gasteiger partial charge in [0.1, 0.15) is 5.56 Å². The molecule has 1 aliphatic heterocycles. The summed E-state index contributed by atoms with van der Waals surface area (Å²) in [5.74, 6) is 6.67. The number of benzene rings is 2. The van der Waals surface area contributed by atoms with Gasteiger partial charge in [-0.25, -0.2) is 9.50 Å². The Morgan fingerprint density at radius 2 is 1.93 bits per heavy atom. The molecule has 1 fully saturated rings. The second-order valence-corrected chi connectivity index (χ2v) is 9.95. The molecule has 1 atom stereocenters. The molecular weight excluding hydrogens is 502 g/mol. The van der Waals surface area contributed by atoms with Crippen LogP contribution in [0.2, 0.25) is 0 Å². The van der Waals surface area contributed by atoms with Gasteiger partial charge >= 0.3 is 0 Å². The number of carbonyl (C=O) groups excluding carboxylic acids is 1. The summed E-state index contributed by atoms with van der Waals surface area (Å²) in [5.41, 5.74) is 8.48. The first-order valence-corrected chi connectivity index (χ1v) is 13.4. The van der Waals surface area contributed by atoms with Crippen LogP contribution in [0.3, 0.4) is 0 Å². The zero-order valence-electron chi connectivity index (χ0n) is 22.1. The van der Waals surface area contributed by atoms with Gasteiger partial charge < -0.3 is 16.4 Å². The molecule has 0 saturated carbocycles. The Kier molecular flexibility index (Phi) is 6.76. The molecule has 1 aliphatic rings. The fraction of sp³-hybridized carbons (Fsp3) is 0.226. The molecule has 6 rings (SSSR count). The van der Waals surface area contributed by atoms with Gasteiger partial charge in [-0.3, -0.25) is 14.2 Å². The summed E-state index contributed by atoms with van der Waals surface area (Å²) < 4.78 is 3.12. The maximum absolute atomic E-state index is 14.2. The van der Waals surface area contributed by atoms with Gasteiger partial charge in [-0.2, -0.15) is 0 Å². The number of hydrogen-bond acceptors (Lipinski definition) is 6. The van der Waals surface area contributed by atoms with E-state index in [1.54, 1.807) is 23.0 Å². The summed E-state index contributed by atoms with van der Waals surface area (Å²) in [4.78, 5) is 31.9. The average Bonchev–Trinajstić information content (AvgIpc) is 3.32. The van der Waals surface area contributed by atoms with Gasteiger partial charge in [0.2, 0.25) is 0 Å². The zero-order chi connectivity index (χ0) is 27.6. The number of fused-ring (bicyclic) bond motifs is 2. The van der Waals surface area contributed by atoms with Crippen molar-refractivity contribution >= 4 is 28.1 Å². The van der Waals surface area contributed by atoms with E-state index in [-0.39, 0.29) is 16.9 Å². The van der Waals surface area contributed by atoms with Crippen LogP contribution in [-0.2, 0) is 0 Å². The van der Waals surface area contributed by atoms with Crippen molar-refractivity contribution in [2.24, 2.45) is 5.92 Å². The predicted molar refractivity (Wildman–Crippen MR) is 155 cm³/mol. The third-order valence-electron chi connectivity index (χ3n) is 7.28. The summed E-state index contributed by atoms with van der Waals surface area (Å²) in [6, 6.07) is 18.3. The molecule has 4 N–H and O–H groups in total. The summed E-state index contributed by atoms with van der Waals surface area (Å²) in [6.07, 6.45) is 5.26. The fourth-order valence-corrected chi connectivity index (χ4v) is 5.26. The van der Waals surface area contributed by atoms with Crippen molar-refractivity contribution in [1.82, 2.24) is 29.8 Å². The molecule has 1 amide bonds. The van der Waals surface area contributed by atoms with Crippen molar-refractivity contribution in [2.45, 2.75) is 25.8 Å². The van der Waals surface area contributed by atoms with Gasteiger partial charge in [0.15, 0.2) is 11.5 Å². The number of piperidine rings is 1. The number of nitrogens with one attached hydrogen (secondary N) is 2. The average molecular weight is 532 g/mol. The van der Waals surface area contributed by atoms with E-state index in [2.05, 4.69) is 32.6 Å². The third kappa shape index (κ3) is 4.70. The first-order chi connectivity index (χ1) is 19.5. The highest BCUT2D eigenvalue weighted by molar-refractivity contribution is 6.04. The SMILES string of the molecule is C[C@@H](NC(=O)c1c(N)nn2cccnc12)c1cc2cccc(C#CC3CCNCC3)c2c(=O)n1-c1ccccc1. The lowest BCUT2D eigenvalue weighted by Crippen LogP contribution is -2.32. The van der Waals surface area contributed by atoms with Crippen molar-refractivity contribution in [3.05, 3.63) is 100 Å². The number of pyridine rings is 1. The highest BCUT2D eigenvalue weighted by Gasteiger charge is 2.24. The number of anilines is 1. The number of rotatable bonds is 4. The molecule has 2 aromatic carbocycles. The Morgan fingerprint density at radius 1 is 1.12 bits per heavy atom. The number of nitrogens with two attached hydrogens (primary N) is 1. The predicted octanol–water partition coefficient (Wildman–Crippen LogP) is 3.46. The normalized spacial score (nSPS) is 14.5. The van der Waals surface area contributed by atoms with E-state index >= 15 is 0 Å². The van der Waals surface area contributed by atoms with Gasteiger partial charge in [-0.15, -0.1) is 5.10 Å². The monoisotopic (exact) mass is 531 g/mol. The van der Waals surface area contributed by atoms with Crippen LogP contribution in [0.4, 0.5) is 5.82 Å². The number of carbonyl (C=O) groups is 1. The number of amides is 1. The third-order valence-corrected chi connectivity index (χ3v) is 7.28. The molecule has 3 aromatic heterocycles. The minimum absolute atomic E-state index is 0.0827. The standard InChI is InChI=1S/C31H29N7O2/c1-20(35-30(39)27-28(32)36-37-18-6-15-34-29(27)37)25-19-23-8-5-7-22(12-11-21-13-16-33-17-14-21)26(23)31(40)38(25)24-9-3-2-4-10-24/h2-10,15,18-21,33H,13-14,16-17H2,1H3,(H2,32,36)(H,35,39)/t20-/m1/s1. The molecule has 9 nitrogen and oxygen atoms in total. The largest absolute Gasteiger partial charge is 0.381 e. The lowest BCUT2D eigenvalue weighted by Gasteiger charge is -2.21. The first-order valence-electron chi connectivity index (χ1n) is 13.4. The number of aromatic nitrogens is 4. The number of hydrogen-bond donors (Lipinski definition) is 3. The smallest absolute Gasteiger partial charge is 0.264 e. The zero-order valence-corrected chi connectivity index (χ0v) is 22.1. The van der Waals surface area contributed by atoms with E-state index in [1.807, 2.05) is 61.5 Å². The fourth-order valence-electron chi connectivity index (χ4n) is 5.26. The molecule has 0 aliphatic carbocycles. The van der Waals surface area contributed by atoms with E-state index in [1.165, 1.54) is 4.52 Å². The Balaban J connectivity index is 1.45. The van der Waals surface area contributed by atoms with Crippen LogP contribution >= 0.6 is 0 Å². The molecule has 9 heteroatoms. The van der Waals surface area contributed by atoms with Gasteiger partial charge in [0.25, 0.3) is 11.5 Å². The number of para-hydroxylation sites is 1. The van der Waals surface area contributed by atoms with Gasteiger partial charge in [0.05, 0.1) is 11.4 Å². The first kappa shape index (κ1) is 25.3. The molecule has 5 aromatic rings. The van der Waals surface area contributed by atoms with Crippen LogP contribution in [-0.4, -0.2) is 38.2 Å². The van der Waals surface area contributed by atoms with Crippen molar-refractivity contribution in [2.75, 3.05) is 18.8 Å². The van der Waals surface area contributed by atoms with E-state index in [0.29, 0.717) is 33.9 Å². The van der Waals surface area contributed by atoms with Crippen LogP contribution in [0.1, 0.15) is 47.4 Å². The maximum atomic E-state index is 14.2. The van der Waals surface area contributed by atoms with Gasteiger partial charge in [0, 0.05) is 35.3 Å². The highest BCUT2D eigenvalue weighted by atomic mass is 16.2. The Morgan fingerprint density at radius 3 is 2.73 bits per heavy atom. The molecule has 0 radical (unpaired) electrons. The lowest BCUT2D eigenvalue weighted by molar-refractivity contribution is 0.0941. The second-order valence-electron chi connectivity index (χ2n) is 9.95. The van der Waals surface area contributed by atoms with Crippen molar-refractivity contribution in [3.63, 3.8) is 0 Å². The summed E-state index contributed by atoms with van der Waals surface area (Å²) >= 11 is 0. The molecular formula is C31H29N7O2. The van der Waals surface area contributed by atoms with E-state index in [0.717, 1.165) is 31.3 Å². The summed E-state index contributed by atoms with van der Waals surface area (Å²) in [6.45, 7) is 3.76. The molecule has 200 valence electrons. The van der Waals surface area contributed by atoms with Crippen LogP contribution in [0.15, 0.2) is 77.9 Å². The van der Waals surface area contributed by atoms with E-state index in [4.69, 9.17) is 5.73 Å². The highest BCUT2D eigenvalue weighted by Crippen LogP contribution is 2.25. The van der Waals surface area contributed by atoms with Crippen LogP contribution in [0.5, 0.6) is 0 Å². The summed E-state index contributed by atoms with van der Waals surface area (Å²) in [7, 11) is 0. The van der Waals surface area contributed by atoms with Crippen LogP contribution < -0.4 is 21.9 Å². The lowest BCUT2D eigenvalue weighted by atomic mass is 9.97. The molecule has 0 spiro atoms. The molecule has 1 saturated heterocycles. The van der Waals surface area contributed by atoms with Gasteiger partial charge in [-0.1, -0.05) is 42.2 Å². The Hall–Kier alpha value is -4.94. The van der Waals surface area contributed by atoms with E-state index in [9.17, 15) is 9.59 Å². The van der Waals surface area contributed by atoms with Gasteiger partial charge in [-0.05, 0) is 68.6 Å². The van der Waals surface area contributed by atoms with Crippen molar-refractivity contribution in [1.29, 1.82) is 0 Å². The molecule has 4 heterocycles. The molecule has 40 heavy (non-hydrogen) atoms. The molecule has 0 bridgehead atoms. The van der Waals surface area contributed by atoms with Crippen LogP contribution in [0, 0.1) is 17.8 Å². The minimum Gasteiger partial charge on any atom is -0.381 e. The van der Waals surface area contributed by atoms with Crippen molar-refractivity contribution < 1.29 is 4.79 Å². The minimum atomic E-state index is -0.549. The van der Waals surface area contributed by atoms with E-state index < -0.39 is 11.9 Å². The second kappa shape index (κ2) is 10.7. The Bertz CT molecular complexity index is 1840. The van der Waals surface area contributed by atoms with Crippen molar-refractivity contribution in [3.8, 4) is 17.5 Å². The number of nitrogen functional groups attached to an aromatic ring is 1. The number of nitrogens with zero attached hydrogens (tertiary/aromatic N) is 4. The molecule has 0 unspecified atom stereocenters. The maximum Gasteiger partial charge on any atom is 0.264 e.